The lowest BCUT2D eigenvalue weighted by atomic mass is 9.88. The number of aromatic nitrogens is 2. The molecule has 0 unspecified atom stereocenters. The second-order valence-electron chi connectivity index (χ2n) is 10.8. The SMILES string of the molecule is COCCn1cc(C(=O)N2CCC(c3cc(CNC(=O)C(F)(F)F)ccc3F)CC2)c2c(-c3cncc(C)c3)cccc21. The van der Waals surface area contributed by atoms with Crippen LogP contribution in [0.2, 0.25) is 0 Å². The van der Waals surface area contributed by atoms with Crippen LogP contribution in [0, 0.1) is 12.7 Å². The van der Waals surface area contributed by atoms with Gasteiger partial charge >= 0.3 is 12.1 Å². The molecular formula is C32H32F4N4O3. The highest BCUT2D eigenvalue weighted by Gasteiger charge is 2.38. The second-order valence-corrected chi connectivity index (χ2v) is 10.8. The van der Waals surface area contributed by atoms with Crippen LogP contribution in [0.5, 0.6) is 0 Å². The van der Waals surface area contributed by atoms with Gasteiger partial charge in [0.2, 0.25) is 0 Å². The molecule has 0 aliphatic carbocycles. The molecule has 0 bridgehead atoms. The molecule has 0 atom stereocenters. The smallest absolute Gasteiger partial charge is 0.383 e. The van der Waals surface area contributed by atoms with Crippen LogP contribution in [-0.4, -0.2) is 59.2 Å². The van der Waals surface area contributed by atoms with Gasteiger partial charge in [0.15, 0.2) is 0 Å². The summed E-state index contributed by atoms with van der Waals surface area (Å²) < 4.78 is 59.8. The number of halogens is 4. The first kappa shape index (κ1) is 30.2. The van der Waals surface area contributed by atoms with Gasteiger partial charge in [0.1, 0.15) is 5.82 Å². The van der Waals surface area contributed by atoms with Gasteiger partial charge in [-0.1, -0.05) is 24.3 Å². The van der Waals surface area contributed by atoms with Crippen molar-refractivity contribution >= 4 is 22.7 Å². The van der Waals surface area contributed by atoms with E-state index in [2.05, 4.69) is 4.98 Å². The van der Waals surface area contributed by atoms with Gasteiger partial charge in [0.25, 0.3) is 5.91 Å². The molecule has 1 aliphatic rings. The Morgan fingerprint density at radius 2 is 1.86 bits per heavy atom. The molecule has 2 aromatic carbocycles. The number of pyridine rings is 1. The summed E-state index contributed by atoms with van der Waals surface area (Å²) >= 11 is 0. The predicted octanol–water partition coefficient (Wildman–Crippen LogP) is 6.00. The standard InChI is InChI=1S/C32H32F4N4O3/c1-20-14-23(18-37-16-20)24-4-3-5-28-29(24)26(19-40(28)12-13-43-2)30(41)39-10-8-22(9-11-39)25-15-21(6-7-27(25)33)17-38-31(42)32(34,35)36/h3-7,14-16,18-19,22H,8-13,17H2,1-2H3,(H,38,42). The van der Waals surface area contributed by atoms with Crippen LogP contribution in [0.3, 0.4) is 0 Å². The van der Waals surface area contributed by atoms with E-state index in [9.17, 15) is 27.2 Å². The van der Waals surface area contributed by atoms with E-state index >= 15 is 0 Å². The van der Waals surface area contributed by atoms with Crippen LogP contribution in [-0.2, 0) is 22.6 Å². The Balaban J connectivity index is 1.37. The van der Waals surface area contributed by atoms with Gasteiger partial charge in [-0.3, -0.25) is 14.6 Å². The Bertz CT molecular complexity index is 1640. The highest BCUT2D eigenvalue weighted by molar-refractivity contribution is 6.12. The molecule has 2 amide bonds. The van der Waals surface area contributed by atoms with Gasteiger partial charge in [-0.2, -0.15) is 13.2 Å². The minimum Gasteiger partial charge on any atom is -0.383 e. The number of fused-ring (bicyclic) bond motifs is 1. The molecule has 1 fully saturated rings. The zero-order chi connectivity index (χ0) is 30.7. The zero-order valence-corrected chi connectivity index (χ0v) is 23.9. The molecule has 11 heteroatoms. The fourth-order valence-electron chi connectivity index (χ4n) is 5.69. The number of hydrogen-bond donors (Lipinski definition) is 1. The molecular weight excluding hydrogens is 564 g/mol. The van der Waals surface area contributed by atoms with Crippen molar-refractivity contribution in [2.45, 2.75) is 44.9 Å². The summed E-state index contributed by atoms with van der Waals surface area (Å²) in [7, 11) is 1.63. The number of hydrogen-bond acceptors (Lipinski definition) is 4. The topological polar surface area (TPSA) is 76.5 Å². The molecule has 0 radical (unpaired) electrons. The van der Waals surface area contributed by atoms with Gasteiger partial charge < -0.3 is 19.5 Å². The maximum absolute atomic E-state index is 14.8. The molecule has 3 heterocycles. The Hall–Kier alpha value is -4.25. The van der Waals surface area contributed by atoms with Crippen molar-refractivity contribution in [1.82, 2.24) is 19.8 Å². The number of methoxy groups -OCH3 is 1. The summed E-state index contributed by atoms with van der Waals surface area (Å²) in [6.45, 7) is 3.41. The van der Waals surface area contributed by atoms with Gasteiger partial charge in [-0.15, -0.1) is 0 Å². The second kappa shape index (κ2) is 12.5. The van der Waals surface area contributed by atoms with Gasteiger partial charge in [0, 0.05) is 68.3 Å². The van der Waals surface area contributed by atoms with Crippen molar-refractivity contribution in [2.24, 2.45) is 0 Å². The van der Waals surface area contributed by atoms with Crippen molar-refractivity contribution < 1.29 is 31.9 Å². The first-order chi connectivity index (χ1) is 20.6. The van der Waals surface area contributed by atoms with E-state index in [1.54, 1.807) is 24.4 Å². The summed E-state index contributed by atoms with van der Waals surface area (Å²) in [4.78, 5) is 31.3. The lowest BCUT2D eigenvalue weighted by Crippen LogP contribution is -2.38. The number of carbonyl (C=O) groups is 2. The summed E-state index contributed by atoms with van der Waals surface area (Å²) in [6.07, 6.45) is 1.40. The number of ether oxygens (including phenoxy) is 1. The average molecular weight is 597 g/mol. The van der Waals surface area contributed by atoms with Crippen molar-refractivity contribution in [1.29, 1.82) is 0 Å². The lowest BCUT2D eigenvalue weighted by molar-refractivity contribution is -0.173. The van der Waals surface area contributed by atoms with Crippen molar-refractivity contribution in [3.63, 3.8) is 0 Å². The number of alkyl halides is 3. The quantitative estimate of drug-likeness (QED) is 0.254. The predicted molar refractivity (Wildman–Crippen MR) is 154 cm³/mol. The molecule has 43 heavy (non-hydrogen) atoms. The van der Waals surface area contributed by atoms with Crippen LogP contribution in [0.1, 0.15) is 45.8 Å². The van der Waals surface area contributed by atoms with E-state index in [1.165, 1.54) is 18.2 Å². The van der Waals surface area contributed by atoms with E-state index in [4.69, 9.17) is 4.74 Å². The van der Waals surface area contributed by atoms with Crippen molar-refractivity contribution in [3.8, 4) is 11.1 Å². The molecule has 226 valence electrons. The Morgan fingerprint density at radius 1 is 1.09 bits per heavy atom. The highest BCUT2D eigenvalue weighted by atomic mass is 19.4. The molecule has 7 nitrogen and oxygen atoms in total. The molecule has 2 aromatic heterocycles. The number of likely N-dealkylation sites (tertiary alicyclic amines) is 1. The molecule has 1 aliphatic heterocycles. The maximum Gasteiger partial charge on any atom is 0.471 e. The third kappa shape index (κ3) is 6.56. The van der Waals surface area contributed by atoms with Crippen LogP contribution in [0.25, 0.3) is 22.0 Å². The Labute approximate surface area is 246 Å². The van der Waals surface area contributed by atoms with Crippen LogP contribution in [0.4, 0.5) is 17.6 Å². The summed E-state index contributed by atoms with van der Waals surface area (Å²) in [5.41, 5.74) is 5.03. The number of aryl methyl sites for hydroxylation is 1. The normalized spacial score (nSPS) is 14.3. The number of piperidine rings is 1. The zero-order valence-electron chi connectivity index (χ0n) is 23.9. The van der Waals surface area contributed by atoms with Gasteiger partial charge in [0.05, 0.1) is 12.2 Å². The largest absolute Gasteiger partial charge is 0.471 e. The number of carbonyl (C=O) groups excluding carboxylic acids is 2. The third-order valence-electron chi connectivity index (χ3n) is 7.85. The number of rotatable bonds is 8. The van der Waals surface area contributed by atoms with E-state index in [-0.39, 0.29) is 18.4 Å². The molecule has 0 saturated carbocycles. The maximum atomic E-state index is 14.8. The van der Waals surface area contributed by atoms with E-state index in [0.29, 0.717) is 55.8 Å². The molecule has 1 saturated heterocycles. The number of benzene rings is 2. The highest BCUT2D eigenvalue weighted by Crippen LogP contribution is 2.36. The molecule has 0 spiro atoms. The van der Waals surface area contributed by atoms with Crippen LogP contribution < -0.4 is 5.32 Å². The molecule has 4 aromatic rings. The van der Waals surface area contributed by atoms with Crippen LogP contribution >= 0.6 is 0 Å². The minimum absolute atomic E-state index is 0.128. The number of amides is 2. The Morgan fingerprint density at radius 3 is 2.56 bits per heavy atom. The Kier molecular flexibility index (Phi) is 8.82. The third-order valence-corrected chi connectivity index (χ3v) is 7.85. The van der Waals surface area contributed by atoms with Crippen molar-refractivity contribution in [3.05, 3.63) is 89.1 Å². The fraction of sp³-hybridized carbons (Fsp3) is 0.344. The first-order valence-corrected chi connectivity index (χ1v) is 14.0. The van der Waals surface area contributed by atoms with E-state index in [1.807, 2.05) is 47.3 Å². The monoisotopic (exact) mass is 596 g/mol. The summed E-state index contributed by atoms with van der Waals surface area (Å²) in [5, 5.41) is 2.66. The average Bonchev–Trinajstić information content (AvgIpc) is 3.37. The minimum atomic E-state index is -4.99. The fourth-order valence-corrected chi connectivity index (χ4v) is 5.69. The summed E-state index contributed by atoms with van der Waals surface area (Å²) in [6, 6.07) is 12.0. The van der Waals surface area contributed by atoms with Crippen molar-refractivity contribution in [2.75, 3.05) is 26.8 Å². The van der Waals surface area contributed by atoms with E-state index in [0.717, 1.165) is 27.6 Å². The number of nitrogens with zero attached hydrogens (tertiary/aromatic N) is 3. The first-order valence-electron chi connectivity index (χ1n) is 14.0. The molecule has 1 N–H and O–H groups in total. The molecule has 5 rings (SSSR count). The van der Waals surface area contributed by atoms with Gasteiger partial charge in [-0.25, -0.2) is 4.39 Å². The van der Waals surface area contributed by atoms with Crippen LogP contribution in [0.15, 0.2) is 61.1 Å². The van der Waals surface area contributed by atoms with E-state index < -0.39 is 17.9 Å². The summed E-state index contributed by atoms with van der Waals surface area (Å²) in [5.74, 6) is -2.86. The van der Waals surface area contributed by atoms with Gasteiger partial charge in [-0.05, 0) is 66.1 Å². The lowest BCUT2D eigenvalue weighted by Gasteiger charge is -2.32. The number of nitrogens with one attached hydrogen (secondary N) is 1.